The van der Waals surface area contributed by atoms with Crippen LogP contribution >= 0.6 is 0 Å². The Morgan fingerprint density at radius 2 is 1.82 bits per heavy atom. The molecule has 2 aromatic carbocycles. The third-order valence-electron chi connectivity index (χ3n) is 3.56. The number of rotatable bonds is 6. The van der Waals surface area contributed by atoms with E-state index in [0.717, 1.165) is 21.9 Å². The molecule has 5 heteroatoms. The van der Waals surface area contributed by atoms with Crippen molar-refractivity contribution in [1.82, 2.24) is 5.01 Å². The van der Waals surface area contributed by atoms with Crippen molar-refractivity contribution in [3.63, 3.8) is 0 Å². The Morgan fingerprint density at radius 3 is 2.45 bits per heavy atom. The van der Waals surface area contributed by atoms with E-state index in [1.54, 1.807) is 7.11 Å². The summed E-state index contributed by atoms with van der Waals surface area (Å²) in [6, 6.07) is 17.3. The van der Waals surface area contributed by atoms with E-state index in [1.165, 1.54) is 7.05 Å². The fourth-order valence-electron chi connectivity index (χ4n) is 2.32. The number of benzene rings is 2. The molecule has 0 aliphatic carbocycles. The van der Waals surface area contributed by atoms with E-state index in [4.69, 9.17) is 4.74 Å². The lowest BCUT2D eigenvalue weighted by molar-refractivity contribution is -0.130. The van der Waals surface area contributed by atoms with Crippen LogP contribution in [-0.2, 0) is 4.79 Å². The molecule has 0 spiro atoms. The zero-order valence-electron chi connectivity index (χ0n) is 12.6. The van der Waals surface area contributed by atoms with E-state index in [9.17, 15) is 9.70 Å². The normalized spacial score (nSPS) is 11.5. The van der Waals surface area contributed by atoms with Gasteiger partial charge in [0.15, 0.2) is 0 Å². The molecule has 0 aromatic heterocycles. The maximum atomic E-state index is 12.1. The molecule has 1 unspecified atom stereocenters. The van der Waals surface area contributed by atoms with Crippen LogP contribution in [0.5, 0.6) is 5.75 Å². The lowest BCUT2D eigenvalue weighted by Gasteiger charge is -2.19. The number of nitroso groups, excluding NO2 is 1. The lowest BCUT2D eigenvalue weighted by atomic mass is 9.88. The van der Waals surface area contributed by atoms with Crippen molar-refractivity contribution in [3.05, 3.63) is 70.6 Å². The van der Waals surface area contributed by atoms with Gasteiger partial charge < -0.3 is 4.74 Å². The number of ether oxygens (including phenoxy) is 1. The summed E-state index contributed by atoms with van der Waals surface area (Å²) in [6.07, 6.45) is 0.166. The maximum absolute atomic E-state index is 12.1. The number of methoxy groups -OCH3 is 1. The van der Waals surface area contributed by atoms with Crippen molar-refractivity contribution < 1.29 is 9.53 Å². The molecule has 0 fully saturated rings. The SMILES string of the molecule is COc1cccc(C(CC(=O)N(C)N=O)c2ccccc2)c1. The molecular weight excluding hydrogens is 280 g/mol. The van der Waals surface area contributed by atoms with Gasteiger partial charge in [-0.15, -0.1) is 4.91 Å². The number of carbonyl (C=O) groups is 1. The predicted octanol–water partition coefficient (Wildman–Crippen LogP) is 3.36. The fraction of sp³-hybridized carbons (Fsp3) is 0.235. The largest absolute Gasteiger partial charge is 0.497 e. The molecule has 0 N–H and O–H groups in total. The first kappa shape index (κ1) is 15.7. The first-order valence-corrected chi connectivity index (χ1v) is 6.94. The van der Waals surface area contributed by atoms with Crippen molar-refractivity contribution in [2.24, 2.45) is 5.29 Å². The average Bonchev–Trinajstić information content (AvgIpc) is 2.59. The van der Waals surface area contributed by atoms with Gasteiger partial charge in [0.2, 0.25) is 5.91 Å². The van der Waals surface area contributed by atoms with Crippen LogP contribution in [-0.4, -0.2) is 25.1 Å². The Bertz CT molecular complexity index is 643. The van der Waals surface area contributed by atoms with E-state index in [2.05, 4.69) is 5.29 Å². The Hall–Kier alpha value is -2.69. The lowest BCUT2D eigenvalue weighted by Crippen LogP contribution is -2.23. The van der Waals surface area contributed by atoms with Crippen molar-refractivity contribution in [1.29, 1.82) is 0 Å². The van der Waals surface area contributed by atoms with Gasteiger partial charge in [0.1, 0.15) is 5.75 Å². The van der Waals surface area contributed by atoms with Gasteiger partial charge in [0, 0.05) is 19.4 Å². The molecule has 22 heavy (non-hydrogen) atoms. The van der Waals surface area contributed by atoms with E-state index in [1.807, 2.05) is 54.6 Å². The van der Waals surface area contributed by atoms with Crippen LogP contribution in [0.1, 0.15) is 23.5 Å². The molecule has 0 heterocycles. The van der Waals surface area contributed by atoms with Crippen molar-refractivity contribution in [3.8, 4) is 5.75 Å². The Labute approximate surface area is 129 Å². The molecule has 0 saturated carbocycles. The van der Waals surface area contributed by atoms with E-state index in [0.29, 0.717) is 0 Å². The van der Waals surface area contributed by atoms with Crippen LogP contribution in [0.3, 0.4) is 0 Å². The second-order valence-electron chi connectivity index (χ2n) is 4.94. The Balaban J connectivity index is 2.37. The van der Waals surface area contributed by atoms with Gasteiger partial charge in [-0.2, -0.15) is 5.01 Å². The van der Waals surface area contributed by atoms with Crippen LogP contribution in [0, 0.1) is 4.91 Å². The zero-order chi connectivity index (χ0) is 15.9. The molecule has 114 valence electrons. The molecule has 0 radical (unpaired) electrons. The standard InChI is InChI=1S/C17H18N2O3/c1-19(18-21)17(20)12-16(13-7-4-3-5-8-13)14-9-6-10-15(11-14)22-2/h3-11,16H,12H2,1-2H3. The van der Waals surface area contributed by atoms with E-state index < -0.39 is 0 Å². The molecule has 2 aromatic rings. The summed E-state index contributed by atoms with van der Waals surface area (Å²) in [5.41, 5.74) is 1.96. The fourth-order valence-corrected chi connectivity index (χ4v) is 2.32. The van der Waals surface area contributed by atoms with Crippen molar-refractivity contribution in [2.75, 3.05) is 14.2 Å². The average molecular weight is 298 g/mol. The zero-order valence-corrected chi connectivity index (χ0v) is 12.6. The highest BCUT2D eigenvalue weighted by atomic mass is 16.5. The van der Waals surface area contributed by atoms with Crippen molar-refractivity contribution in [2.45, 2.75) is 12.3 Å². The van der Waals surface area contributed by atoms with Crippen LogP contribution in [0.25, 0.3) is 0 Å². The highest BCUT2D eigenvalue weighted by Crippen LogP contribution is 2.30. The molecule has 1 atom stereocenters. The summed E-state index contributed by atoms with van der Waals surface area (Å²) in [5, 5.41) is 3.50. The summed E-state index contributed by atoms with van der Waals surface area (Å²) in [4.78, 5) is 22.6. The van der Waals surface area contributed by atoms with E-state index in [-0.39, 0.29) is 18.2 Å². The minimum atomic E-state index is -0.327. The summed E-state index contributed by atoms with van der Waals surface area (Å²) in [6.45, 7) is 0. The molecule has 2 rings (SSSR count). The minimum absolute atomic E-state index is 0.159. The first-order chi connectivity index (χ1) is 10.7. The van der Waals surface area contributed by atoms with Crippen LogP contribution in [0.15, 0.2) is 59.9 Å². The topological polar surface area (TPSA) is 59.0 Å². The second-order valence-corrected chi connectivity index (χ2v) is 4.94. The van der Waals surface area contributed by atoms with Crippen LogP contribution < -0.4 is 4.74 Å². The highest BCUT2D eigenvalue weighted by molar-refractivity contribution is 5.77. The molecule has 0 saturated heterocycles. The summed E-state index contributed by atoms with van der Waals surface area (Å²) < 4.78 is 5.25. The molecular formula is C17H18N2O3. The van der Waals surface area contributed by atoms with Gasteiger partial charge in [0.05, 0.1) is 12.4 Å². The summed E-state index contributed by atoms with van der Waals surface area (Å²) in [7, 11) is 2.97. The first-order valence-electron chi connectivity index (χ1n) is 6.94. The second kappa shape index (κ2) is 7.36. The van der Waals surface area contributed by atoms with E-state index >= 15 is 0 Å². The van der Waals surface area contributed by atoms with Gasteiger partial charge in [-0.1, -0.05) is 42.5 Å². The van der Waals surface area contributed by atoms with Crippen molar-refractivity contribution >= 4 is 5.91 Å². The predicted molar refractivity (Wildman–Crippen MR) is 84.5 cm³/mol. The summed E-state index contributed by atoms with van der Waals surface area (Å²) in [5.74, 6) is 0.243. The quantitative estimate of drug-likeness (QED) is 0.607. The monoisotopic (exact) mass is 298 g/mol. The molecule has 1 amide bonds. The third kappa shape index (κ3) is 3.69. The molecule has 5 nitrogen and oxygen atoms in total. The Kier molecular flexibility index (Phi) is 5.25. The molecule has 0 aliphatic heterocycles. The number of carbonyl (C=O) groups excluding carboxylic acids is 1. The van der Waals surface area contributed by atoms with Crippen LogP contribution in [0.4, 0.5) is 0 Å². The highest BCUT2D eigenvalue weighted by Gasteiger charge is 2.21. The number of hydrogen-bond acceptors (Lipinski definition) is 4. The molecule has 0 aliphatic rings. The minimum Gasteiger partial charge on any atom is -0.497 e. The number of amides is 1. The Morgan fingerprint density at radius 1 is 1.14 bits per heavy atom. The van der Waals surface area contributed by atoms with Gasteiger partial charge in [-0.3, -0.25) is 4.79 Å². The maximum Gasteiger partial charge on any atom is 0.245 e. The van der Waals surface area contributed by atoms with Gasteiger partial charge in [-0.25, -0.2) is 0 Å². The third-order valence-corrected chi connectivity index (χ3v) is 3.56. The number of nitrogens with zero attached hydrogens (tertiary/aromatic N) is 2. The summed E-state index contributed by atoms with van der Waals surface area (Å²) >= 11 is 0. The smallest absolute Gasteiger partial charge is 0.245 e. The molecule has 0 bridgehead atoms. The van der Waals surface area contributed by atoms with Gasteiger partial charge in [0.25, 0.3) is 0 Å². The van der Waals surface area contributed by atoms with Gasteiger partial charge >= 0.3 is 0 Å². The number of hydrogen-bond donors (Lipinski definition) is 0. The van der Waals surface area contributed by atoms with Crippen LogP contribution in [0.2, 0.25) is 0 Å². The van der Waals surface area contributed by atoms with Gasteiger partial charge in [-0.05, 0) is 23.3 Å².